The number of hydrogen-bond donors (Lipinski definition) is 2. The van der Waals surface area contributed by atoms with Crippen molar-refractivity contribution >= 4 is 35.4 Å². The summed E-state index contributed by atoms with van der Waals surface area (Å²) in [5.41, 5.74) is -4.51. The molecular formula is C12H12F3NO4S2. The first-order chi connectivity index (χ1) is 10.3. The smallest absolute Gasteiger partial charge is 0.490 e. The largest absolute Gasteiger partial charge is 0.504 e. The fourth-order valence-corrected chi connectivity index (χ4v) is 2.07. The number of benzene rings is 1. The Hall–Kier alpha value is -1.52. The molecule has 1 unspecified atom stereocenters. The monoisotopic (exact) mass is 355 g/mol. The summed E-state index contributed by atoms with van der Waals surface area (Å²) in [7, 11) is -2.29. The summed E-state index contributed by atoms with van der Waals surface area (Å²) in [6.07, 6.45) is 0.959. The second kappa shape index (κ2) is 8.20. The van der Waals surface area contributed by atoms with Gasteiger partial charge in [-0.05, 0) is 24.0 Å². The van der Waals surface area contributed by atoms with E-state index in [0.717, 1.165) is 6.26 Å². The molecule has 0 spiro atoms. The molecule has 1 atom stereocenters. The Kier molecular flexibility index (Phi) is 6.91. The first kappa shape index (κ1) is 18.5. The van der Waals surface area contributed by atoms with Crippen LogP contribution in [0.15, 0.2) is 30.5 Å². The van der Waals surface area contributed by atoms with Crippen molar-refractivity contribution in [2.45, 2.75) is 12.1 Å². The number of amides is 1. The van der Waals surface area contributed by atoms with E-state index in [2.05, 4.69) is 17.1 Å². The van der Waals surface area contributed by atoms with Crippen LogP contribution in [0.5, 0.6) is 0 Å². The second-order valence-electron chi connectivity index (χ2n) is 3.84. The molecule has 0 radical (unpaired) electrons. The van der Waals surface area contributed by atoms with E-state index in [1.165, 1.54) is 17.9 Å². The van der Waals surface area contributed by atoms with Crippen molar-refractivity contribution < 1.29 is 31.1 Å². The molecule has 0 fully saturated rings. The van der Waals surface area contributed by atoms with Crippen LogP contribution >= 0.6 is 12.9 Å². The van der Waals surface area contributed by atoms with Crippen molar-refractivity contribution in [3.63, 3.8) is 0 Å². The van der Waals surface area contributed by atoms with Crippen LogP contribution in [0.1, 0.15) is 11.1 Å². The number of carbonyl (C=O) groups is 1. The number of halogens is 3. The Bertz CT molecular complexity index is 590. The molecule has 0 aliphatic carbocycles. The van der Waals surface area contributed by atoms with Crippen LogP contribution in [-0.2, 0) is 31.3 Å². The third kappa shape index (κ3) is 5.04. The fraction of sp³-hybridized carbons (Fsp3) is 0.250. The molecule has 0 saturated carbocycles. The molecule has 10 heteroatoms. The third-order valence-corrected chi connectivity index (χ3v) is 3.32. The highest BCUT2D eigenvalue weighted by molar-refractivity contribution is 7.84. The highest BCUT2D eigenvalue weighted by Gasteiger charge is 2.39. The van der Waals surface area contributed by atoms with Gasteiger partial charge in [-0.3, -0.25) is 9.52 Å². The van der Waals surface area contributed by atoms with Crippen molar-refractivity contribution in [1.82, 2.24) is 4.72 Å². The number of hydrogen-bond acceptors (Lipinski definition) is 5. The maximum Gasteiger partial charge on any atom is 0.490 e. The zero-order valence-electron chi connectivity index (χ0n) is 11.2. The molecule has 0 aromatic heterocycles. The van der Waals surface area contributed by atoms with E-state index in [4.69, 9.17) is 4.74 Å². The van der Waals surface area contributed by atoms with Gasteiger partial charge in [0, 0.05) is 0 Å². The van der Waals surface area contributed by atoms with Crippen molar-refractivity contribution in [3.05, 3.63) is 41.7 Å². The van der Waals surface area contributed by atoms with Crippen molar-refractivity contribution in [2.24, 2.45) is 0 Å². The van der Waals surface area contributed by atoms with Crippen LogP contribution in [-0.4, -0.2) is 22.7 Å². The molecule has 1 rings (SSSR count). The Morgan fingerprint density at radius 1 is 1.41 bits per heavy atom. The predicted molar refractivity (Wildman–Crippen MR) is 77.5 cm³/mol. The van der Waals surface area contributed by atoms with Gasteiger partial charge in [-0.2, -0.15) is 13.2 Å². The predicted octanol–water partition coefficient (Wildman–Crippen LogP) is 2.34. The van der Waals surface area contributed by atoms with Crippen LogP contribution in [0.4, 0.5) is 13.2 Å². The molecule has 1 aromatic carbocycles. The van der Waals surface area contributed by atoms with Crippen LogP contribution in [0.3, 0.4) is 0 Å². The summed E-state index contributed by atoms with van der Waals surface area (Å²) in [5, 5.41) is 0. The van der Waals surface area contributed by atoms with Gasteiger partial charge in [-0.25, -0.2) is 4.21 Å². The highest BCUT2D eigenvalue weighted by atomic mass is 32.2. The van der Waals surface area contributed by atoms with Crippen LogP contribution in [0.2, 0.25) is 0 Å². The average molecular weight is 355 g/mol. The van der Waals surface area contributed by atoms with E-state index in [-0.39, 0.29) is 17.7 Å². The molecule has 1 amide bonds. The first-order valence-corrected chi connectivity index (χ1v) is 7.20. The SMILES string of the molecule is CO/C=C(/C(=O)NS(=O)C(F)(F)F)c1ccccc1COS. The molecule has 0 aliphatic heterocycles. The summed E-state index contributed by atoms with van der Waals surface area (Å²) in [4.78, 5) is 11.9. The van der Waals surface area contributed by atoms with Crippen LogP contribution in [0.25, 0.3) is 5.57 Å². The first-order valence-electron chi connectivity index (χ1n) is 5.68. The fourth-order valence-electron chi connectivity index (χ4n) is 1.53. The molecule has 0 aliphatic rings. The van der Waals surface area contributed by atoms with E-state index >= 15 is 0 Å². The lowest BCUT2D eigenvalue weighted by Crippen LogP contribution is -2.35. The van der Waals surface area contributed by atoms with Crippen molar-refractivity contribution in [2.75, 3.05) is 7.11 Å². The van der Waals surface area contributed by atoms with E-state index in [9.17, 15) is 22.2 Å². The molecule has 22 heavy (non-hydrogen) atoms. The number of nitrogens with one attached hydrogen (secondary N) is 1. The summed E-state index contributed by atoms with van der Waals surface area (Å²) < 4.78 is 58.5. The number of thiol groups is 1. The molecule has 1 N–H and O–H groups in total. The Morgan fingerprint density at radius 2 is 2.05 bits per heavy atom. The topological polar surface area (TPSA) is 64.6 Å². The van der Waals surface area contributed by atoms with E-state index < -0.39 is 22.4 Å². The summed E-state index contributed by atoms with van der Waals surface area (Å²) in [5.74, 6) is -1.19. The normalized spacial score (nSPS) is 13.6. The van der Waals surface area contributed by atoms with E-state index in [0.29, 0.717) is 5.56 Å². The van der Waals surface area contributed by atoms with Crippen molar-refractivity contribution in [3.8, 4) is 0 Å². The Labute approximate surface area is 132 Å². The van der Waals surface area contributed by atoms with Gasteiger partial charge >= 0.3 is 5.51 Å². The van der Waals surface area contributed by atoms with Crippen LogP contribution < -0.4 is 4.72 Å². The maximum atomic E-state index is 12.3. The van der Waals surface area contributed by atoms with Crippen molar-refractivity contribution in [1.29, 1.82) is 0 Å². The zero-order chi connectivity index (χ0) is 16.8. The van der Waals surface area contributed by atoms with E-state index in [1.54, 1.807) is 18.2 Å². The molecular weight excluding hydrogens is 343 g/mol. The van der Waals surface area contributed by atoms with Gasteiger partial charge in [0.05, 0.1) is 25.6 Å². The third-order valence-electron chi connectivity index (χ3n) is 2.40. The number of rotatable bonds is 6. The van der Waals surface area contributed by atoms with Crippen LogP contribution in [0, 0.1) is 0 Å². The quantitative estimate of drug-likeness (QED) is 0.356. The molecule has 0 bridgehead atoms. The number of methoxy groups -OCH3 is 1. The molecule has 122 valence electrons. The van der Waals surface area contributed by atoms with Gasteiger partial charge in [-0.1, -0.05) is 24.3 Å². The van der Waals surface area contributed by atoms with Gasteiger partial charge in [-0.15, -0.1) is 0 Å². The lowest BCUT2D eigenvalue weighted by molar-refractivity contribution is -0.114. The Morgan fingerprint density at radius 3 is 2.59 bits per heavy atom. The summed E-state index contributed by atoms with van der Waals surface area (Å²) in [6, 6.07) is 6.32. The summed E-state index contributed by atoms with van der Waals surface area (Å²) in [6.45, 7) is 0.00990. The number of carbonyl (C=O) groups excluding carboxylic acids is 1. The number of ether oxygens (including phenoxy) is 1. The zero-order valence-corrected chi connectivity index (χ0v) is 12.9. The Balaban J connectivity index is 3.13. The van der Waals surface area contributed by atoms with Gasteiger partial charge in [0.2, 0.25) is 11.0 Å². The lowest BCUT2D eigenvalue weighted by Gasteiger charge is -2.13. The molecule has 0 heterocycles. The highest BCUT2D eigenvalue weighted by Crippen LogP contribution is 2.23. The average Bonchev–Trinajstić information content (AvgIpc) is 2.45. The minimum Gasteiger partial charge on any atom is -0.504 e. The maximum absolute atomic E-state index is 12.3. The second-order valence-corrected chi connectivity index (χ2v) is 5.31. The molecule has 1 aromatic rings. The minimum absolute atomic E-state index is 0.00990. The standard InChI is InChI=1S/C12H12F3NO4S2/c1-19-7-10(11(17)16-22(18)12(13,14)15)9-5-3-2-4-8(9)6-20-21/h2-5,7,21H,6H2,1H3,(H,16,17)/b10-7+. The van der Waals surface area contributed by atoms with Gasteiger partial charge < -0.3 is 8.92 Å². The van der Waals surface area contributed by atoms with Gasteiger partial charge in [0.15, 0.2) is 0 Å². The number of alkyl halides is 3. The molecule has 0 saturated heterocycles. The van der Waals surface area contributed by atoms with E-state index in [1.807, 2.05) is 0 Å². The summed E-state index contributed by atoms with van der Waals surface area (Å²) >= 11 is 3.60. The lowest BCUT2D eigenvalue weighted by atomic mass is 10.0. The minimum atomic E-state index is -5.05. The van der Waals surface area contributed by atoms with Gasteiger partial charge in [0.1, 0.15) is 0 Å². The molecule has 5 nitrogen and oxygen atoms in total. The van der Waals surface area contributed by atoms with Gasteiger partial charge in [0.25, 0.3) is 5.91 Å².